The van der Waals surface area contributed by atoms with Crippen LogP contribution in [0.4, 0.5) is 0 Å². The molecule has 0 N–H and O–H groups in total. The maximum absolute atomic E-state index is 12.9. The van der Waals surface area contributed by atoms with Crippen molar-refractivity contribution in [1.82, 2.24) is 9.80 Å². The van der Waals surface area contributed by atoms with Gasteiger partial charge in [-0.05, 0) is 55.2 Å². The van der Waals surface area contributed by atoms with Crippen LogP contribution in [0.25, 0.3) is 0 Å². The molecule has 1 aromatic carbocycles. The quantitative estimate of drug-likeness (QED) is 0.704. The first-order valence-corrected chi connectivity index (χ1v) is 12.7. The topological polar surface area (TPSA) is 66.9 Å². The lowest BCUT2D eigenvalue weighted by molar-refractivity contribution is -0.152. The van der Waals surface area contributed by atoms with Gasteiger partial charge in [0.1, 0.15) is 15.6 Å². The van der Waals surface area contributed by atoms with Crippen LogP contribution in [0.2, 0.25) is 0 Å². The van der Waals surface area contributed by atoms with Gasteiger partial charge >= 0.3 is 0 Å². The Bertz CT molecular complexity index is 856. The van der Waals surface area contributed by atoms with E-state index in [9.17, 15) is 13.2 Å². The highest BCUT2D eigenvalue weighted by Crippen LogP contribution is 2.42. The highest BCUT2D eigenvalue weighted by atomic mass is 32.2. The minimum atomic E-state index is -2.97. The van der Waals surface area contributed by atoms with Gasteiger partial charge in [-0.3, -0.25) is 4.79 Å². The molecule has 0 spiro atoms. The monoisotopic (exact) mass is 420 g/mol. The summed E-state index contributed by atoms with van der Waals surface area (Å²) < 4.78 is 28.7. The molecule has 3 aliphatic rings. The van der Waals surface area contributed by atoms with Crippen molar-refractivity contribution in [2.45, 2.75) is 44.2 Å². The summed E-state index contributed by atoms with van der Waals surface area (Å²) in [6, 6.07) is 8.61. The number of hydrogen-bond donors (Lipinski definition) is 0. The summed E-state index contributed by atoms with van der Waals surface area (Å²) in [6.07, 6.45) is 5.97. The Kier molecular flexibility index (Phi) is 5.89. The summed E-state index contributed by atoms with van der Waals surface area (Å²) in [4.78, 5) is 17.5. The van der Waals surface area contributed by atoms with Gasteiger partial charge in [-0.15, -0.1) is 0 Å². The molecule has 1 aromatic rings. The summed E-state index contributed by atoms with van der Waals surface area (Å²) in [5.74, 6) is 2.20. The number of hydrogen-bond acceptors (Lipinski definition) is 5. The summed E-state index contributed by atoms with van der Waals surface area (Å²) in [5, 5.41) is 0. The number of carbonyl (C=O) groups is 1. The van der Waals surface area contributed by atoms with E-state index < -0.39 is 9.84 Å². The minimum absolute atomic E-state index is 0.178. The van der Waals surface area contributed by atoms with Crippen molar-refractivity contribution < 1.29 is 17.9 Å². The van der Waals surface area contributed by atoms with Gasteiger partial charge in [0.15, 0.2) is 0 Å². The molecule has 1 amide bonds. The summed E-state index contributed by atoms with van der Waals surface area (Å²) in [6.45, 7) is 2.38. The second-order valence-electron chi connectivity index (χ2n) is 9.03. The van der Waals surface area contributed by atoms with Crippen LogP contribution in [-0.2, 0) is 21.1 Å². The number of methoxy groups -OCH3 is 1. The Morgan fingerprint density at radius 3 is 2.76 bits per heavy atom. The van der Waals surface area contributed by atoms with E-state index in [2.05, 4.69) is 21.9 Å². The van der Waals surface area contributed by atoms with Gasteiger partial charge in [0.2, 0.25) is 5.91 Å². The molecule has 0 aromatic heterocycles. The molecular weight excluding hydrogens is 388 g/mol. The lowest BCUT2D eigenvalue weighted by Gasteiger charge is -2.57. The van der Waals surface area contributed by atoms with E-state index in [4.69, 9.17) is 4.74 Å². The molecule has 160 valence electrons. The molecule has 2 bridgehead atoms. The highest BCUT2D eigenvalue weighted by Gasteiger charge is 2.49. The van der Waals surface area contributed by atoms with Crippen molar-refractivity contribution in [3.05, 3.63) is 29.8 Å². The summed E-state index contributed by atoms with van der Waals surface area (Å²) >= 11 is 0. The third-order valence-electron chi connectivity index (χ3n) is 6.93. The van der Waals surface area contributed by atoms with E-state index in [0.29, 0.717) is 36.8 Å². The van der Waals surface area contributed by atoms with Crippen LogP contribution in [0.15, 0.2) is 24.3 Å². The van der Waals surface area contributed by atoms with Crippen molar-refractivity contribution in [1.29, 1.82) is 0 Å². The van der Waals surface area contributed by atoms with Gasteiger partial charge in [0.25, 0.3) is 0 Å². The molecule has 0 saturated carbocycles. The average molecular weight is 421 g/mol. The smallest absolute Gasteiger partial charge is 0.223 e. The van der Waals surface area contributed by atoms with Crippen LogP contribution in [0.3, 0.4) is 0 Å². The lowest BCUT2D eigenvalue weighted by Crippen LogP contribution is -2.65. The van der Waals surface area contributed by atoms with Gasteiger partial charge in [-0.2, -0.15) is 0 Å². The number of likely N-dealkylation sites (tertiary alicyclic amines) is 1. The van der Waals surface area contributed by atoms with E-state index in [1.54, 1.807) is 7.11 Å². The Balaban J connectivity index is 1.58. The average Bonchev–Trinajstić information content (AvgIpc) is 2.69. The van der Waals surface area contributed by atoms with Crippen molar-refractivity contribution in [3.8, 4) is 5.75 Å². The van der Waals surface area contributed by atoms with Gasteiger partial charge < -0.3 is 14.5 Å². The van der Waals surface area contributed by atoms with Gasteiger partial charge in [-0.1, -0.05) is 12.1 Å². The Morgan fingerprint density at radius 1 is 1.21 bits per heavy atom. The second-order valence-corrected chi connectivity index (χ2v) is 11.3. The van der Waals surface area contributed by atoms with Gasteiger partial charge in [0, 0.05) is 44.4 Å². The van der Waals surface area contributed by atoms with Crippen LogP contribution in [-0.4, -0.2) is 75.0 Å². The number of carbonyl (C=O) groups excluding carboxylic acids is 1. The zero-order valence-electron chi connectivity index (χ0n) is 17.4. The van der Waals surface area contributed by atoms with Gasteiger partial charge in [-0.25, -0.2) is 8.42 Å². The van der Waals surface area contributed by atoms with Crippen LogP contribution in [0, 0.1) is 11.8 Å². The van der Waals surface area contributed by atoms with E-state index in [1.165, 1.54) is 11.8 Å². The number of ether oxygens (including phenoxy) is 1. The molecule has 3 fully saturated rings. The van der Waals surface area contributed by atoms with E-state index in [1.807, 2.05) is 12.1 Å². The third-order valence-corrected chi connectivity index (χ3v) is 7.85. The highest BCUT2D eigenvalue weighted by molar-refractivity contribution is 7.90. The zero-order chi connectivity index (χ0) is 20.6. The normalized spacial score (nSPS) is 30.1. The fraction of sp³-hybridized carbons (Fsp3) is 0.682. The SMILES string of the molecule is COc1cccc(C[C@H]2[C@H]3C[C@H](CN(CCS(C)(=O)=O)C3)[C@@H]3CCCC(=O)N32)c1. The number of sulfone groups is 1. The fourth-order valence-corrected chi connectivity index (χ4v) is 6.24. The van der Waals surface area contributed by atoms with E-state index in [-0.39, 0.29) is 11.8 Å². The first-order valence-electron chi connectivity index (χ1n) is 10.7. The van der Waals surface area contributed by atoms with Crippen molar-refractivity contribution in [2.75, 3.05) is 38.8 Å². The van der Waals surface area contributed by atoms with Crippen molar-refractivity contribution >= 4 is 15.7 Å². The Hall–Kier alpha value is -1.60. The molecule has 0 aliphatic carbocycles. The zero-order valence-corrected chi connectivity index (χ0v) is 18.2. The number of piperidine rings is 3. The summed E-state index contributed by atoms with van der Waals surface area (Å²) in [5.41, 5.74) is 1.19. The maximum Gasteiger partial charge on any atom is 0.223 e. The molecule has 29 heavy (non-hydrogen) atoms. The number of amides is 1. The minimum Gasteiger partial charge on any atom is -0.497 e. The molecule has 4 atom stereocenters. The first kappa shape index (κ1) is 20.7. The number of fused-ring (bicyclic) bond motifs is 4. The molecule has 4 rings (SSSR count). The Labute approximate surface area is 174 Å². The van der Waals surface area contributed by atoms with Crippen molar-refractivity contribution in [2.24, 2.45) is 11.8 Å². The second kappa shape index (κ2) is 8.26. The molecule has 3 saturated heterocycles. The van der Waals surface area contributed by atoms with Crippen LogP contribution >= 0.6 is 0 Å². The molecule has 0 radical (unpaired) electrons. The van der Waals surface area contributed by atoms with E-state index >= 15 is 0 Å². The number of benzene rings is 1. The predicted molar refractivity (Wildman–Crippen MR) is 113 cm³/mol. The summed E-state index contributed by atoms with van der Waals surface area (Å²) in [7, 11) is -1.29. The maximum atomic E-state index is 12.9. The molecule has 6 nitrogen and oxygen atoms in total. The van der Waals surface area contributed by atoms with Crippen LogP contribution in [0.5, 0.6) is 5.75 Å². The molecule has 0 unspecified atom stereocenters. The standard InChI is InChI=1S/C22H32N2O4S/c1-28-19-6-3-5-16(11-19)12-21-18-13-17(20-7-4-8-22(25)24(20)21)14-23(15-18)9-10-29(2,26)27/h3,5-6,11,17-18,20-21H,4,7-10,12-15H2,1-2H3/t17-,18+,20+,21+/m1/s1. The van der Waals surface area contributed by atoms with Crippen molar-refractivity contribution in [3.63, 3.8) is 0 Å². The molecule has 7 heteroatoms. The third kappa shape index (κ3) is 4.61. The van der Waals surface area contributed by atoms with Gasteiger partial charge in [0.05, 0.1) is 12.9 Å². The molecule has 3 aliphatic heterocycles. The van der Waals surface area contributed by atoms with E-state index in [0.717, 1.165) is 44.5 Å². The largest absolute Gasteiger partial charge is 0.497 e. The number of rotatable bonds is 6. The number of nitrogens with zero attached hydrogens (tertiary/aromatic N) is 2. The lowest BCUT2D eigenvalue weighted by atomic mass is 9.71. The van der Waals surface area contributed by atoms with Crippen LogP contribution < -0.4 is 4.74 Å². The Morgan fingerprint density at radius 2 is 2.00 bits per heavy atom. The fourth-order valence-electron chi connectivity index (χ4n) is 5.65. The predicted octanol–water partition coefficient (Wildman–Crippen LogP) is 1.98. The molecular formula is C22H32N2O4S. The van der Waals surface area contributed by atoms with Crippen LogP contribution in [0.1, 0.15) is 31.2 Å². The molecule has 3 heterocycles. The first-order chi connectivity index (χ1) is 13.8.